The molecular formula is C15H15Cl2N3O. The van der Waals surface area contributed by atoms with Crippen molar-refractivity contribution in [2.24, 2.45) is 5.10 Å². The molecule has 1 aromatic heterocycles. The number of nitrogens with one attached hydrogen (secondary N) is 1. The van der Waals surface area contributed by atoms with E-state index in [-0.39, 0.29) is 5.91 Å². The monoisotopic (exact) mass is 323 g/mol. The standard InChI is InChI=1S/C15H15Cl2N3O/c1-9-6-12(8-18-19-11(3)21)10(2)20(9)13-4-5-14(16)15(17)7-13/h4-8H,1-3H3,(H,19,21)/b18-8+. The topological polar surface area (TPSA) is 46.4 Å². The van der Waals surface area contributed by atoms with Crippen molar-refractivity contribution in [3.63, 3.8) is 0 Å². The lowest BCUT2D eigenvalue weighted by Gasteiger charge is -2.10. The summed E-state index contributed by atoms with van der Waals surface area (Å²) >= 11 is 12.0. The summed E-state index contributed by atoms with van der Waals surface area (Å²) in [5.74, 6) is -0.204. The summed E-state index contributed by atoms with van der Waals surface area (Å²) < 4.78 is 2.05. The van der Waals surface area contributed by atoms with Crippen molar-refractivity contribution >= 4 is 35.3 Å². The Bertz CT molecular complexity index is 720. The van der Waals surface area contributed by atoms with E-state index < -0.39 is 0 Å². The molecule has 1 amide bonds. The second-order valence-electron chi connectivity index (χ2n) is 4.69. The van der Waals surface area contributed by atoms with E-state index in [0.717, 1.165) is 22.6 Å². The van der Waals surface area contributed by atoms with Crippen LogP contribution in [0.5, 0.6) is 0 Å². The number of nitrogens with zero attached hydrogens (tertiary/aromatic N) is 2. The van der Waals surface area contributed by atoms with Gasteiger partial charge in [-0.25, -0.2) is 5.43 Å². The molecule has 0 saturated heterocycles. The molecule has 0 unspecified atom stereocenters. The molecule has 21 heavy (non-hydrogen) atoms. The van der Waals surface area contributed by atoms with Crippen LogP contribution in [-0.4, -0.2) is 16.7 Å². The lowest BCUT2D eigenvalue weighted by Crippen LogP contribution is -2.12. The molecule has 1 aromatic carbocycles. The zero-order valence-electron chi connectivity index (χ0n) is 11.9. The fourth-order valence-corrected chi connectivity index (χ4v) is 2.42. The second-order valence-corrected chi connectivity index (χ2v) is 5.50. The minimum absolute atomic E-state index is 0.204. The Hall–Kier alpha value is -1.78. The minimum atomic E-state index is -0.204. The largest absolute Gasteiger partial charge is 0.318 e. The molecule has 4 nitrogen and oxygen atoms in total. The van der Waals surface area contributed by atoms with Gasteiger partial charge in [0.2, 0.25) is 5.91 Å². The van der Waals surface area contributed by atoms with Crippen molar-refractivity contribution in [3.8, 4) is 5.69 Å². The van der Waals surface area contributed by atoms with Crippen LogP contribution in [0.4, 0.5) is 0 Å². The molecule has 0 aliphatic rings. The fraction of sp³-hybridized carbons (Fsp3) is 0.200. The average molecular weight is 324 g/mol. The van der Waals surface area contributed by atoms with Crippen LogP contribution in [0.25, 0.3) is 5.69 Å². The van der Waals surface area contributed by atoms with E-state index in [0.29, 0.717) is 10.0 Å². The molecule has 0 radical (unpaired) electrons. The van der Waals surface area contributed by atoms with Crippen LogP contribution < -0.4 is 5.43 Å². The highest BCUT2D eigenvalue weighted by molar-refractivity contribution is 6.42. The van der Waals surface area contributed by atoms with Crippen LogP contribution in [0, 0.1) is 13.8 Å². The summed E-state index contributed by atoms with van der Waals surface area (Å²) in [6, 6.07) is 7.48. The first-order valence-electron chi connectivity index (χ1n) is 6.34. The SMILES string of the molecule is CC(=O)N/N=C/c1cc(C)n(-c2ccc(Cl)c(Cl)c2)c1C. The first kappa shape index (κ1) is 15.6. The number of carbonyl (C=O) groups is 1. The van der Waals surface area contributed by atoms with Crippen molar-refractivity contribution in [3.05, 3.63) is 51.3 Å². The lowest BCUT2D eigenvalue weighted by molar-refractivity contribution is -0.118. The molecule has 110 valence electrons. The Balaban J connectivity index is 2.41. The van der Waals surface area contributed by atoms with Crippen molar-refractivity contribution < 1.29 is 4.79 Å². The molecule has 0 saturated carbocycles. The van der Waals surface area contributed by atoms with Crippen molar-refractivity contribution in [2.75, 3.05) is 0 Å². The van der Waals surface area contributed by atoms with Crippen LogP contribution in [-0.2, 0) is 4.79 Å². The maximum atomic E-state index is 10.8. The molecule has 0 aliphatic heterocycles. The zero-order chi connectivity index (χ0) is 15.6. The molecule has 0 bridgehead atoms. The first-order chi connectivity index (χ1) is 9.90. The zero-order valence-corrected chi connectivity index (χ0v) is 13.5. The Morgan fingerprint density at radius 2 is 1.95 bits per heavy atom. The van der Waals surface area contributed by atoms with Crippen molar-refractivity contribution in [2.45, 2.75) is 20.8 Å². The number of rotatable bonds is 3. The van der Waals surface area contributed by atoms with Crippen molar-refractivity contribution in [1.82, 2.24) is 9.99 Å². The van der Waals surface area contributed by atoms with Gasteiger partial charge in [-0.3, -0.25) is 4.79 Å². The Labute approximate surface area is 133 Å². The van der Waals surface area contributed by atoms with E-state index in [2.05, 4.69) is 15.1 Å². The second kappa shape index (κ2) is 6.33. The Morgan fingerprint density at radius 1 is 1.24 bits per heavy atom. The number of benzene rings is 1. The van der Waals surface area contributed by atoms with Gasteiger partial charge in [0.1, 0.15) is 0 Å². The highest BCUT2D eigenvalue weighted by atomic mass is 35.5. The van der Waals surface area contributed by atoms with E-state index in [1.807, 2.05) is 32.0 Å². The molecule has 1 heterocycles. The van der Waals surface area contributed by atoms with Gasteiger partial charge in [-0.15, -0.1) is 0 Å². The van der Waals surface area contributed by atoms with E-state index >= 15 is 0 Å². The van der Waals surface area contributed by atoms with Gasteiger partial charge in [-0.2, -0.15) is 5.10 Å². The van der Waals surface area contributed by atoms with Gasteiger partial charge in [-0.05, 0) is 38.1 Å². The molecule has 2 rings (SSSR count). The molecule has 2 aromatic rings. The fourth-order valence-electron chi connectivity index (χ4n) is 2.13. The number of aromatic nitrogens is 1. The van der Waals surface area contributed by atoms with Crippen LogP contribution in [0.2, 0.25) is 10.0 Å². The highest BCUT2D eigenvalue weighted by Gasteiger charge is 2.10. The van der Waals surface area contributed by atoms with Crippen LogP contribution >= 0.6 is 23.2 Å². The maximum absolute atomic E-state index is 10.8. The van der Waals surface area contributed by atoms with Gasteiger partial charge >= 0.3 is 0 Å². The van der Waals surface area contributed by atoms with E-state index in [9.17, 15) is 4.79 Å². The third kappa shape index (κ3) is 3.46. The van der Waals surface area contributed by atoms with Crippen LogP contribution in [0.3, 0.4) is 0 Å². The van der Waals surface area contributed by atoms with Gasteiger partial charge in [0.25, 0.3) is 0 Å². The normalized spacial score (nSPS) is 11.1. The summed E-state index contributed by atoms with van der Waals surface area (Å²) in [6.45, 7) is 5.38. The number of hydrogen-bond acceptors (Lipinski definition) is 2. The van der Waals surface area contributed by atoms with Crippen LogP contribution in [0.1, 0.15) is 23.9 Å². The summed E-state index contributed by atoms with van der Waals surface area (Å²) in [5, 5.41) is 4.93. The quantitative estimate of drug-likeness (QED) is 0.676. The van der Waals surface area contributed by atoms with Gasteiger partial charge in [0.15, 0.2) is 0 Å². The average Bonchev–Trinajstić information content (AvgIpc) is 2.68. The predicted octanol–water partition coefficient (Wildman–Crippen LogP) is 3.87. The molecule has 0 fully saturated rings. The first-order valence-corrected chi connectivity index (χ1v) is 7.09. The molecule has 0 spiro atoms. The van der Waals surface area contributed by atoms with Crippen molar-refractivity contribution in [1.29, 1.82) is 0 Å². The molecular weight excluding hydrogens is 309 g/mol. The highest BCUT2D eigenvalue weighted by Crippen LogP contribution is 2.27. The Kier molecular flexibility index (Phi) is 4.70. The van der Waals surface area contributed by atoms with Crippen LogP contribution in [0.15, 0.2) is 29.4 Å². The Morgan fingerprint density at radius 3 is 2.57 bits per heavy atom. The summed E-state index contributed by atoms with van der Waals surface area (Å²) in [5.41, 5.74) is 6.28. The summed E-state index contributed by atoms with van der Waals surface area (Å²) in [7, 11) is 0. The number of amides is 1. The number of hydrazone groups is 1. The number of carbonyl (C=O) groups excluding carboxylic acids is 1. The number of halogens is 2. The van der Waals surface area contributed by atoms with E-state index in [4.69, 9.17) is 23.2 Å². The third-order valence-corrected chi connectivity index (χ3v) is 3.80. The lowest BCUT2D eigenvalue weighted by atomic mass is 10.2. The molecule has 0 atom stereocenters. The molecule has 1 N–H and O–H groups in total. The molecule has 6 heteroatoms. The van der Waals surface area contributed by atoms with Gasteiger partial charge in [0.05, 0.1) is 16.3 Å². The summed E-state index contributed by atoms with van der Waals surface area (Å²) in [4.78, 5) is 10.8. The predicted molar refractivity (Wildman–Crippen MR) is 86.7 cm³/mol. The van der Waals surface area contributed by atoms with Gasteiger partial charge in [0, 0.05) is 29.6 Å². The van der Waals surface area contributed by atoms with E-state index in [1.165, 1.54) is 6.92 Å². The van der Waals surface area contributed by atoms with Gasteiger partial charge in [-0.1, -0.05) is 23.2 Å². The number of hydrogen-bond donors (Lipinski definition) is 1. The minimum Gasteiger partial charge on any atom is -0.318 e. The van der Waals surface area contributed by atoms with E-state index in [1.54, 1.807) is 12.3 Å². The summed E-state index contributed by atoms with van der Waals surface area (Å²) in [6.07, 6.45) is 1.62. The molecule has 0 aliphatic carbocycles. The van der Waals surface area contributed by atoms with Gasteiger partial charge < -0.3 is 4.57 Å². The third-order valence-electron chi connectivity index (χ3n) is 3.06. The maximum Gasteiger partial charge on any atom is 0.236 e. The number of aryl methyl sites for hydroxylation is 1. The smallest absolute Gasteiger partial charge is 0.236 e.